The maximum Gasteiger partial charge on any atom is 0.416 e. The van der Waals surface area contributed by atoms with E-state index in [0.717, 1.165) is 43.6 Å². The summed E-state index contributed by atoms with van der Waals surface area (Å²) in [5.41, 5.74) is 0.247. The topological polar surface area (TPSA) is 32.8 Å². The lowest BCUT2D eigenvalue weighted by Crippen LogP contribution is -2.46. The molecule has 0 unspecified atom stereocenters. The summed E-state index contributed by atoms with van der Waals surface area (Å²) in [6.45, 7) is 4.77. The van der Waals surface area contributed by atoms with Gasteiger partial charge in [-0.25, -0.2) is 0 Å². The highest BCUT2D eigenvalue weighted by molar-refractivity contribution is 5.79. The lowest BCUT2D eigenvalue weighted by molar-refractivity contribution is -0.141. The van der Waals surface area contributed by atoms with Gasteiger partial charge in [0.15, 0.2) is 0 Å². The Bertz CT molecular complexity index is 575. The van der Waals surface area contributed by atoms with Crippen LogP contribution in [-0.4, -0.2) is 55.1 Å². The van der Waals surface area contributed by atoms with Crippen molar-refractivity contribution in [3.63, 3.8) is 0 Å². The second kappa shape index (κ2) is 7.74. The average molecular weight is 356 g/mol. The van der Waals surface area contributed by atoms with Crippen LogP contribution in [0.25, 0.3) is 0 Å². The highest BCUT2D eigenvalue weighted by atomic mass is 19.4. The molecule has 7 heteroatoms. The zero-order valence-electron chi connectivity index (χ0n) is 14.1. The van der Waals surface area contributed by atoms with Gasteiger partial charge in [0, 0.05) is 25.6 Å². The van der Waals surface area contributed by atoms with Gasteiger partial charge in [-0.2, -0.15) is 13.2 Å². The summed E-state index contributed by atoms with van der Waals surface area (Å²) in [7, 11) is 0. The van der Waals surface area contributed by atoms with E-state index in [9.17, 15) is 18.0 Å². The SMILES string of the molecule is O=C(C1CCN(Cc2ccc(C(F)(F)F)cc2)CC1)N1CCOCC1. The van der Waals surface area contributed by atoms with E-state index >= 15 is 0 Å². The number of hydrogen-bond acceptors (Lipinski definition) is 3. The molecule has 138 valence electrons. The average Bonchev–Trinajstić information content (AvgIpc) is 2.62. The van der Waals surface area contributed by atoms with E-state index in [1.165, 1.54) is 12.1 Å². The molecular formula is C18H23F3N2O2. The number of hydrogen-bond donors (Lipinski definition) is 0. The lowest BCUT2D eigenvalue weighted by atomic mass is 9.94. The van der Waals surface area contributed by atoms with Crippen LogP contribution in [0, 0.1) is 5.92 Å². The third kappa shape index (κ3) is 4.73. The third-order valence-electron chi connectivity index (χ3n) is 4.95. The monoisotopic (exact) mass is 356 g/mol. The summed E-state index contributed by atoms with van der Waals surface area (Å²) in [6.07, 6.45) is -2.69. The first-order valence-electron chi connectivity index (χ1n) is 8.68. The standard InChI is InChI=1S/C18H23F3N2O2/c19-18(20,21)16-3-1-14(2-4-16)13-22-7-5-15(6-8-22)17(24)23-9-11-25-12-10-23/h1-4,15H,5-13H2. The number of benzene rings is 1. The van der Waals surface area contributed by atoms with Crippen molar-refractivity contribution in [2.24, 2.45) is 5.92 Å². The first-order chi connectivity index (χ1) is 11.9. The number of likely N-dealkylation sites (tertiary alicyclic amines) is 1. The van der Waals surface area contributed by atoms with Crippen molar-refractivity contribution < 1.29 is 22.7 Å². The molecule has 0 aliphatic carbocycles. The van der Waals surface area contributed by atoms with Gasteiger partial charge in [-0.15, -0.1) is 0 Å². The van der Waals surface area contributed by atoms with Crippen LogP contribution in [0.4, 0.5) is 13.2 Å². The second-order valence-electron chi connectivity index (χ2n) is 6.68. The molecule has 3 rings (SSSR count). The Morgan fingerprint density at radius 3 is 2.20 bits per heavy atom. The molecule has 0 atom stereocenters. The molecule has 25 heavy (non-hydrogen) atoms. The van der Waals surface area contributed by atoms with Gasteiger partial charge in [0.05, 0.1) is 18.8 Å². The summed E-state index contributed by atoms with van der Waals surface area (Å²) in [6, 6.07) is 5.33. The number of nitrogens with zero attached hydrogens (tertiary/aromatic N) is 2. The molecule has 0 N–H and O–H groups in total. The third-order valence-corrected chi connectivity index (χ3v) is 4.95. The van der Waals surface area contributed by atoms with Gasteiger partial charge in [-0.05, 0) is 43.6 Å². The maximum atomic E-state index is 12.6. The van der Waals surface area contributed by atoms with E-state index in [1.54, 1.807) is 0 Å². The molecule has 0 saturated carbocycles. The number of alkyl halides is 3. The van der Waals surface area contributed by atoms with Crippen molar-refractivity contribution >= 4 is 5.91 Å². The number of ether oxygens (including phenoxy) is 1. The largest absolute Gasteiger partial charge is 0.416 e. The van der Waals surface area contributed by atoms with Gasteiger partial charge in [-0.3, -0.25) is 9.69 Å². The van der Waals surface area contributed by atoms with Crippen LogP contribution in [0.1, 0.15) is 24.0 Å². The predicted molar refractivity (Wildman–Crippen MR) is 86.8 cm³/mol. The molecule has 1 aromatic rings. The minimum absolute atomic E-state index is 0.0574. The second-order valence-corrected chi connectivity index (χ2v) is 6.68. The molecule has 4 nitrogen and oxygen atoms in total. The van der Waals surface area contributed by atoms with Crippen molar-refractivity contribution in [3.05, 3.63) is 35.4 Å². The molecule has 2 heterocycles. The van der Waals surface area contributed by atoms with Gasteiger partial charge in [0.2, 0.25) is 5.91 Å². The number of carbonyl (C=O) groups excluding carboxylic acids is 1. The Morgan fingerprint density at radius 2 is 1.64 bits per heavy atom. The van der Waals surface area contributed by atoms with Crippen LogP contribution < -0.4 is 0 Å². The zero-order chi connectivity index (χ0) is 17.9. The number of piperidine rings is 1. The molecule has 2 aliphatic heterocycles. The highest BCUT2D eigenvalue weighted by Crippen LogP contribution is 2.29. The van der Waals surface area contributed by atoms with E-state index in [2.05, 4.69) is 4.90 Å². The van der Waals surface area contributed by atoms with Crippen LogP contribution >= 0.6 is 0 Å². The molecule has 1 amide bonds. The Labute approximate surface area is 145 Å². The summed E-state index contributed by atoms with van der Waals surface area (Å²) in [5.74, 6) is 0.277. The van der Waals surface area contributed by atoms with E-state index in [1.807, 2.05) is 4.90 Å². The normalized spacial score (nSPS) is 20.7. The zero-order valence-corrected chi connectivity index (χ0v) is 14.1. The van der Waals surface area contributed by atoms with E-state index in [-0.39, 0.29) is 11.8 Å². The van der Waals surface area contributed by atoms with Crippen LogP contribution in [0.3, 0.4) is 0 Å². The van der Waals surface area contributed by atoms with Gasteiger partial charge in [0.25, 0.3) is 0 Å². The van der Waals surface area contributed by atoms with E-state index in [4.69, 9.17) is 4.74 Å². The number of halogens is 3. The molecule has 2 saturated heterocycles. The van der Waals surface area contributed by atoms with Crippen LogP contribution in [-0.2, 0) is 22.3 Å². The van der Waals surface area contributed by atoms with E-state index in [0.29, 0.717) is 32.8 Å². The Morgan fingerprint density at radius 1 is 1.04 bits per heavy atom. The molecular weight excluding hydrogens is 333 g/mol. The summed E-state index contributed by atoms with van der Waals surface area (Å²) >= 11 is 0. The number of rotatable bonds is 3. The number of amides is 1. The molecule has 0 aromatic heterocycles. The Kier molecular flexibility index (Phi) is 5.64. The smallest absolute Gasteiger partial charge is 0.378 e. The first kappa shape index (κ1) is 18.2. The predicted octanol–water partition coefficient (Wildman–Crippen LogP) is 2.78. The molecule has 0 bridgehead atoms. The van der Waals surface area contributed by atoms with Crippen LogP contribution in [0.15, 0.2) is 24.3 Å². The quantitative estimate of drug-likeness (QED) is 0.835. The van der Waals surface area contributed by atoms with Crippen molar-refractivity contribution in [1.82, 2.24) is 9.80 Å². The summed E-state index contributed by atoms with van der Waals surface area (Å²) < 4.78 is 43.1. The Balaban J connectivity index is 1.48. The number of morpholine rings is 1. The van der Waals surface area contributed by atoms with Gasteiger partial charge >= 0.3 is 6.18 Å². The maximum absolute atomic E-state index is 12.6. The molecule has 2 aliphatic rings. The van der Waals surface area contributed by atoms with Gasteiger partial charge in [-0.1, -0.05) is 12.1 Å². The van der Waals surface area contributed by atoms with E-state index < -0.39 is 11.7 Å². The molecule has 0 radical (unpaired) electrons. The molecule has 0 spiro atoms. The van der Waals surface area contributed by atoms with Gasteiger partial charge < -0.3 is 9.64 Å². The van der Waals surface area contributed by atoms with Crippen LogP contribution in [0.2, 0.25) is 0 Å². The fourth-order valence-electron chi connectivity index (χ4n) is 3.44. The van der Waals surface area contributed by atoms with Crippen molar-refractivity contribution in [2.75, 3.05) is 39.4 Å². The minimum Gasteiger partial charge on any atom is -0.378 e. The summed E-state index contributed by atoms with van der Waals surface area (Å²) in [5, 5.41) is 0. The van der Waals surface area contributed by atoms with Crippen molar-refractivity contribution in [2.45, 2.75) is 25.6 Å². The number of carbonyl (C=O) groups is 1. The molecule has 2 fully saturated rings. The fourth-order valence-corrected chi connectivity index (χ4v) is 3.44. The Hall–Kier alpha value is -1.60. The first-order valence-corrected chi connectivity index (χ1v) is 8.68. The van der Waals surface area contributed by atoms with Gasteiger partial charge in [0.1, 0.15) is 0 Å². The highest BCUT2D eigenvalue weighted by Gasteiger charge is 2.31. The fraction of sp³-hybridized carbons (Fsp3) is 0.611. The van der Waals surface area contributed by atoms with Crippen LogP contribution in [0.5, 0.6) is 0 Å². The minimum atomic E-state index is -4.29. The lowest BCUT2D eigenvalue weighted by Gasteiger charge is -2.35. The summed E-state index contributed by atoms with van der Waals surface area (Å²) in [4.78, 5) is 16.6. The molecule has 1 aromatic carbocycles. The van der Waals surface area contributed by atoms with Crippen molar-refractivity contribution in [3.8, 4) is 0 Å². The van der Waals surface area contributed by atoms with Crippen molar-refractivity contribution in [1.29, 1.82) is 0 Å².